The Morgan fingerprint density at radius 2 is 1.72 bits per heavy atom. The standard InChI is InChI=1S/C22H24Cl2O5/c1-4-29-22(28)16(11-21(26)27)14-9-18(23)17(19(24)10-14)8-13-5-6-20(25)15(7-13)12(2)3/h5-7,9-10,12,16,25H,4,8,11H2,1-3H3,(H,26,27)/t16-/m1/s1. The van der Waals surface area contributed by atoms with Gasteiger partial charge in [-0.25, -0.2) is 0 Å². The van der Waals surface area contributed by atoms with Gasteiger partial charge in [-0.05, 0) is 53.3 Å². The van der Waals surface area contributed by atoms with Crippen LogP contribution in [-0.4, -0.2) is 28.8 Å². The van der Waals surface area contributed by atoms with Crippen LogP contribution in [0.5, 0.6) is 5.75 Å². The Hall–Kier alpha value is -2.24. The van der Waals surface area contributed by atoms with E-state index in [1.807, 2.05) is 19.9 Å². The number of hydrogen-bond acceptors (Lipinski definition) is 4. The lowest BCUT2D eigenvalue weighted by Crippen LogP contribution is -2.19. The maximum absolute atomic E-state index is 12.2. The van der Waals surface area contributed by atoms with Crippen LogP contribution in [0.3, 0.4) is 0 Å². The number of aliphatic carboxylic acids is 1. The first-order valence-electron chi connectivity index (χ1n) is 9.32. The molecule has 0 radical (unpaired) electrons. The van der Waals surface area contributed by atoms with Crippen molar-refractivity contribution in [2.75, 3.05) is 6.61 Å². The van der Waals surface area contributed by atoms with E-state index in [4.69, 9.17) is 33.0 Å². The molecular formula is C22H24Cl2O5. The molecule has 2 aromatic rings. The van der Waals surface area contributed by atoms with Gasteiger partial charge in [0.1, 0.15) is 5.75 Å². The molecule has 0 saturated carbocycles. The number of rotatable bonds is 8. The van der Waals surface area contributed by atoms with Gasteiger partial charge in [-0.15, -0.1) is 0 Å². The van der Waals surface area contributed by atoms with E-state index in [0.29, 0.717) is 27.6 Å². The Morgan fingerprint density at radius 3 is 2.24 bits per heavy atom. The van der Waals surface area contributed by atoms with Crippen LogP contribution < -0.4 is 0 Å². The SMILES string of the molecule is CCOC(=O)[C@H](CC(=O)O)c1cc(Cl)c(Cc2ccc(O)c(C(C)C)c2)c(Cl)c1. The van der Waals surface area contributed by atoms with Crippen molar-refractivity contribution in [2.24, 2.45) is 0 Å². The molecule has 156 valence electrons. The average molecular weight is 439 g/mol. The summed E-state index contributed by atoms with van der Waals surface area (Å²) < 4.78 is 5.00. The highest BCUT2D eigenvalue weighted by Crippen LogP contribution is 2.34. The molecule has 29 heavy (non-hydrogen) atoms. The molecule has 0 unspecified atom stereocenters. The predicted octanol–water partition coefficient (Wildman–Crippen LogP) is 5.53. The molecule has 0 fully saturated rings. The number of carbonyl (C=O) groups is 2. The van der Waals surface area contributed by atoms with Crippen LogP contribution in [0.4, 0.5) is 0 Å². The molecule has 0 aliphatic rings. The molecule has 5 nitrogen and oxygen atoms in total. The Kier molecular flexibility index (Phi) is 7.94. The van der Waals surface area contributed by atoms with Gasteiger partial charge in [0, 0.05) is 16.5 Å². The molecular weight excluding hydrogens is 415 g/mol. The van der Waals surface area contributed by atoms with Crippen molar-refractivity contribution in [3.05, 3.63) is 62.6 Å². The van der Waals surface area contributed by atoms with Crippen LogP contribution in [0, 0.1) is 0 Å². The minimum Gasteiger partial charge on any atom is -0.508 e. The molecule has 0 heterocycles. The zero-order valence-corrected chi connectivity index (χ0v) is 18.0. The van der Waals surface area contributed by atoms with Gasteiger partial charge >= 0.3 is 11.9 Å². The van der Waals surface area contributed by atoms with Crippen molar-refractivity contribution < 1.29 is 24.5 Å². The maximum Gasteiger partial charge on any atom is 0.314 e. The molecule has 0 spiro atoms. The predicted molar refractivity (Wildman–Crippen MR) is 113 cm³/mol. The third-order valence-corrected chi connectivity index (χ3v) is 5.28. The fourth-order valence-electron chi connectivity index (χ4n) is 3.13. The molecule has 0 aliphatic carbocycles. The first-order valence-corrected chi connectivity index (χ1v) is 10.1. The summed E-state index contributed by atoms with van der Waals surface area (Å²) in [6, 6.07) is 8.48. The molecule has 0 bridgehead atoms. The third kappa shape index (κ3) is 5.87. The number of carboxylic acid groups (broad SMARTS) is 1. The molecule has 0 amide bonds. The summed E-state index contributed by atoms with van der Waals surface area (Å²) in [6.45, 7) is 5.78. The monoisotopic (exact) mass is 438 g/mol. The summed E-state index contributed by atoms with van der Waals surface area (Å²) in [7, 11) is 0. The number of carbonyl (C=O) groups excluding carboxylic acids is 1. The number of phenolic OH excluding ortho intramolecular Hbond substituents is 1. The van der Waals surface area contributed by atoms with Gasteiger partial charge in [0.15, 0.2) is 0 Å². The molecule has 2 rings (SSSR count). The van der Waals surface area contributed by atoms with E-state index < -0.39 is 24.3 Å². The van der Waals surface area contributed by atoms with Crippen LogP contribution in [0.15, 0.2) is 30.3 Å². The van der Waals surface area contributed by atoms with Crippen LogP contribution >= 0.6 is 23.2 Å². The lowest BCUT2D eigenvalue weighted by Gasteiger charge is -2.17. The van der Waals surface area contributed by atoms with Crippen molar-refractivity contribution in [1.82, 2.24) is 0 Å². The second kappa shape index (κ2) is 9.99. The van der Waals surface area contributed by atoms with Crippen LogP contribution in [0.25, 0.3) is 0 Å². The van der Waals surface area contributed by atoms with Gasteiger partial charge in [0.05, 0.1) is 18.9 Å². The van der Waals surface area contributed by atoms with E-state index in [-0.39, 0.29) is 18.3 Å². The van der Waals surface area contributed by atoms with E-state index >= 15 is 0 Å². The lowest BCUT2D eigenvalue weighted by molar-refractivity contribution is -0.149. The summed E-state index contributed by atoms with van der Waals surface area (Å²) in [5.41, 5.74) is 2.82. The number of aromatic hydroxyl groups is 1. The fourth-order valence-corrected chi connectivity index (χ4v) is 3.77. The average Bonchev–Trinajstić information content (AvgIpc) is 2.63. The second-order valence-electron chi connectivity index (χ2n) is 7.09. The topological polar surface area (TPSA) is 83.8 Å². The van der Waals surface area contributed by atoms with Gasteiger partial charge in [0.25, 0.3) is 0 Å². The first-order chi connectivity index (χ1) is 13.6. The van der Waals surface area contributed by atoms with Crippen molar-refractivity contribution in [2.45, 2.75) is 45.4 Å². The molecule has 0 aromatic heterocycles. The van der Waals surface area contributed by atoms with Gasteiger partial charge in [-0.3, -0.25) is 9.59 Å². The van der Waals surface area contributed by atoms with E-state index in [1.165, 1.54) is 0 Å². The summed E-state index contributed by atoms with van der Waals surface area (Å²) >= 11 is 12.9. The minimum atomic E-state index is -1.12. The lowest BCUT2D eigenvalue weighted by atomic mass is 9.92. The van der Waals surface area contributed by atoms with Gasteiger partial charge < -0.3 is 14.9 Å². The number of benzene rings is 2. The molecule has 2 aromatic carbocycles. The summed E-state index contributed by atoms with van der Waals surface area (Å²) in [5, 5.41) is 19.8. The highest BCUT2D eigenvalue weighted by molar-refractivity contribution is 6.36. The van der Waals surface area contributed by atoms with E-state index in [9.17, 15) is 14.7 Å². The zero-order chi connectivity index (χ0) is 21.7. The van der Waals surface area contributed by atoms with Gasteiger partial charge in [-0.2, -0.15) is 0 Å². The normalized spacial score (nSPS) is 12.1. The molecule has 7 heteroatoms. The van der Waals surface area contributed by atoms with Crippen LogP contribution in [-0.2, 0) is 20.7 Å². The number of hydrogen-bond donors (Lipinski definition) is 2. The van der Waals surface area contributed by atoms with Crippen molar-refractivity contribution in [3.63, 3.8) is 0 Å². The Bertz CT molecular complexity index is 885. The highest BCUT2D eigenvalue weighted by atomic mass is 35.5. The Balaban J connectivity index is 2.39. The van der Waals surface area contributed by atoms with E-state index in [1.54, 1.807) is 31.2 Å². The van der Waals surface area contributed by atoms with Crippen LogP contribution in [0.1, 0.15) is 61.3 Å². The zero-order valence-electron chi connectivity index (χ0n) is 16.5. The first kappa shape index (κ1) is 23.0. The minimum absolute atomic E-state index is 0.146. The smallest absolute Gasteiger partial charge is 0.314 e. The quantitative estimate of drug-likeness (QED) is 0.528. The van der Waals surface area contributed by atoms with Crippen molar-refractivity contribution in [3.8, 4) is 5.75 Å². The maximum atomic E-state index is 12.2. The fraction of sp³-hybridized carbons (Fsp3) is 0.364. The highest BCUT2D eigenvalue weighted by Gasteiger charge is 2.26. The van der Waals surface area contributed by atoms with Crippen molar-refractivity contribution in [1.29, 1.82) is 0 Å². The molecule has 0 saturated heterocycles. The largest absolute Gasteiger partial charge is 0.508 e. The third-order valence-electron chi connectivity index (χ3n) is 4.61. The Labute approximate surface area is 180 Å². The Morgan fingerprint density at radius 1 is 1.10 bits per heavy atom. The van der Waals surface area contributed by atoms with Gasteiger partial charge in [-0.1, -0.05) is 49.2 Å². The van der Waals surface area contributed by atoms with Crippen LogP contribution in [0.2, 0.25) is 10.0 Å². The number of esters is 1. The van der Waals surface area contributed by atoms with Gasteiger partial charge in [0.2, 0.25) is 0 Å². The number of carboxylic acids is 1. The molecule has 1 atom stereocenters. The number of ether oxygens (including phenoxy) is 1. The second-order valence-corrected chi connectivity index (χ2v) is 7.90. The molecule has 0 aliphatic heterocycles. The van der Waals surface area contributed by atoms with E-state index in [2.05, 4.69) is 0 Å². The van der Waals surface area contributed by atoms with E-state index in [0.717, 1.165) is 11.1 Å². The number of halogens is 2. The molecule has 2 N–H and O–H groups in total. The number of phenols is 1. The summed E-state index contributed by atoms with van der Waals surface area (Å²) in [4.78, 5) is 23.4. The summed E-state index contributed by atoms with van der Waals surface area (Å²) in [6.07, 6.45) is 0.0154. The van der Waals surface area contributed by atoms with Crippen molar-refractivity contribution >= 4 is 35.1 Å². The summed E-state index contributed by atoms with van der Waals surface area (Å²) in [5.74, 6) is -2.34.